The molecule has 0 fully saturated rings. The highest BCUT2D eigenvalue weighted by molar-refractivity contribution is 7.92. The van der Waals surface area contributed by atoms with Gasteiger partial charge in [-0.2, -0.15) is 0 Å². The predicted molar refractivity (Wildman–Crippen MR) is 129 cm³/mol. The average Bonchev–Trinajstić information content (AvgIpc) is 3.17. The van der Waals surface area contributed by atoms with Gasteiger partial charge in [0.15, 0.2) is 5.76 Å². The van der Waals surface area contributed by atoms with E-state index in [2.05, 4.69) is 15.2 Å². The van der Waals surface area contributed by atoms with E-state index in [1.807, 2.05) is 0 Å². The van der Waals surface area contributed by atoms with E-state index < -0.39 is 16.0 Å². The van der Waals surface area contributed by atoms with Crippen molar-refractivity contribution in [1.29, 1.82) is 0 Å². The molecular weight excluding hydrogens is 458 g/mol. The van der Waals surface area contributed by atoms with E-state index in [1.54, 1.807) is 63.3 Å². The third kappa shape index (κ3) is 6.10. The number of sulfonamides is 1. The van der Waals surface area contributed by atoms with Gasteiger partial charge < -0.3 is 14.6 Å². The fourth-order valence-corrected chi connectivity index (χ4v) is 4.00. The zero-order valence-electron chi connectivity index (χ0n) is 19.0. The summed E-state index contributed by atoms with van der Waals surface area (Å²) in [7, 11) is -3.87. The van der Waals surface area contributed by atoms with Crippen molar-refractivity contribution in [2.24, 2.45) is 0 Å². The standard InChI is InChI=1S/C24H25N3O6S/c1-4-22(28)25-23-16(3)26-33-21(23)14-11-17-9-12-20(13-10-17)34(30,31)27-19-8-6-7-18(15-19)24(29)32-5-2/h6-15,27H,4-5H2,1-3H3,(H,25,28). The number of hydrogen-bond donors (Lipinski definition) is 2. The van der Waals surface area contributed by atoms with Gasteiger partial charge in [-0.25, -0.2) is 13.2 Å². The number of amides is 1. The molecule has 1 amide bonds. The number of hydrogen-bond acceptors (Lipinski definition) is 7. The Morgan fingerprint density at radius 2 is 1.82 bits per heavy atom. The molecule has 9 nitrogen and oxygen atoms in total. The van der Waals surface area contributed by atoms with Gasteiger partial charge in [-0.1, -0.05) is 36.4 Å². The van der Waals surface area contributed by atoms with Crippen molar-refractivity contribution >= 4 is 45.4 Å². The van der Waals surface area contributed by atoms with Crippen molar-refractivity contribution in [1.82, 2.24) is 5.16 Å². The Hall–Kier alpha value is -3.92. The Morgan fingerprint density at radius 3 is 2.50 bits per heavy atom. The minimum atomic E-state index is -3.87. The summed E-state index contributed by atoms with van der Waals surface area (Å²) < 4.78 is 38.2. The number of aryl methyl sites for hydroxylation is 1. The number of nitrogens with one attached hydrogen (secondary N) is 2. The van der Waals surface area contributed by atoms with Crippen LogP contribution >= 0.6 is 0 Å². The van der Waals surface area contributed by atoms with Gasteiger partial charge in [0.05, 0.1) is 17.1 Å². The van der Waals surface area contributed by atoms with Crippen LogP contribution in [0, 0.1) is 6.92 Å². The first kappa shape index (κ1) is 24.7. The second-order valence-electron chi connectivity index (χ2n) is 7.22. The number of benzene rings is 2. The maximum atomic E-state index is 12.8. The molecule has 0 radical (unpaired) electrons. The first-order chi connectivity index (χ1) is 16.2. The number of esters is 1. The lowest BCUT2D eigenvalue weighted by atomic mass is 10.2. The summed E-state index contributed by atoms with van der Waals surface area (Å²) in [6, 6.07) is 12.3. The molecule has 0 bridgehead atoms. The molecule has 2 aromatic carbocycles. The minimum Gasteiger partial charge on any atom is -0.462 e. The lowest BCUT2D eigenvalue weighted by molar-refractivity contribution is -0.115. The van der Waals surface area contributed by atoms with Crippen molar-refractivity contribution in [3.8, 4) is 0 Å². The Balaban J connectivity index is 1.74. The summed E-state index contributed by atoms with van der Waals surface area (Å²) in [5.74, 6) is -0.297. The van der Waals surface area contributed by atoms with Crippen LogP contribution < -0.4 is 10.0 Å². The quantitative estimate of drug-likeness (QED) is 0.430. The molecule has 1 heterocycles. The smallest absolute Gasteiger partial charge is 0.338 e. The van der Waals surface area contributed by atoms with Gasteiger partial charge in [0.2, 0.25) is 5.91 Å². The zero-order valence-corrected chi connectivity index (χ0v) is 19.8. The number of anilines is 2. The van der Waals surface area contributed by atoms with E-state index in [-0.39, 0.29) is 28.7 Å². The maximum absolute atomic E-state index is 12.8. The van der Waals surface area contributed by atoms with Crippen LogP contribution in [0.3, 0.4) is 0 Å². The Morgan fingerprint density at radius 1 is 1.09 bits per heavy atom. The average molecular weight is 484 g/mol. The fraction of sp³-hybridized carbons (Fsp3) is 0.208. The van der Waals surface area contributed by atoms with Crippen LogP contribution in [0.2, 0.25) is 0 Å². The highest BCUT2D eigenvalue weighted by atomic mass is 32.2. The summed E-state index contributed by atoms with van der Waals surface area (Å²) in [6.07, 6.45) is 3.69. The van der Waals surface area contributed by atoms with E-state index in [1.165, 1.54) is 18.2 Å². The van der Waals surface area contributed by atoms with Crippen molar-refractivity contribution in [3.05, 3.63) is 71.1 Å². The van der Waals surface area contributed by atoms with Crippen LogP contribution in [0.15, 0.2) is 57.9 Å². The van der Waals surface area contributed by atoms with Crippen molar-refractivity contribution in [2.45, 2.75) is 32.1 Å². The van der Waals surface area contributed by atoms with Crippen LogP contribution in [0.25, 0.3) is 12.2 Å². The lowest BCUT2D eigenvalue weighted by Crippen LogP contribution is -2.13. The number of rotatable bonds is 9. The third-order valence-electron chi connectivity index (χ3n) is 4.72. The summed E-state index contributed by atoms with van der Waals surface area (Å²) in [5.41, 5.74) is 2.26. The van der Waals surface area contributed by atoms with Crippen molar-refractivity contribution in [3.63, 3.8) is 0 Å². The maximum Gasteiger partial charge on any atom is 0.338 e. The molecule has 0 atom stereocenters. The Labute approximate surface area is 197 Å². The van der Waals surface area contributed by atoms with Gasteiger partial charge >= 0.3 is 5.97 Å². The number of nitrogens with zero attached hydrogens (tertiary/aromatic N) is 1. The van der Waals surface area contributed by atoms with Crippen molar-refractivity contribution in [2.75, 3.05) is 16.6 Å². The van der Waals surface area contributed by atoms with E-state index >= 15 is 0 Å². The summed E-state index contributed by atoms with van der Waals surface area (Å²) in [5, 5.41) is 6.62. The number of aromatic nitrogens is 1. The molecule has 2 N–H and O–H groups in total. The van der Waals surface area contributed by atoms with Gasteiger partial charge in [-0.15, -0.1) is 0 Å². The predicted octanol–water partition coefficient (Wildman–Crippen LogP) is 4.48. The molecule has 0 spiro atoms. The SMILES string of the molecule is CCOC(=O)c1cccc(NS(=O)(=O)c2ccc(C=Cc3onc(C)c3NC(=O)CC)cc2)c1. The highest BCUT2D eigenvalue weighted by Gasteiger charge is 2.16. The van der Waals surface area contributed by atoms with Crippen molar-refractivity contribution < 1.29 is 27.3 Å². The molecule has 0 aliphatic rings. The van der Waals surface area contributed by atoms with Gasteiger partial charge in [-0.05, 0) is 55.8 Å². The molecule has 1 aromatic heterocycles. The molecule has 0 aliphatic carbocycles. The molecule has 10 heteroatoms. The molecule has 178 valence electrons. The lowest BCUT2D eigenvalue weighted by Gasteiger charge is -2.09. The van der Waals surface area contributed by atoms with Gasteiger partial charge in [0, 0.05) is 12.1 Å². The zero-order chi connectivity index (χ0) is 24.7. The van der Waals surface area contributed by atoms with E-state index in [0.717, 1.165) is 0 Å². The monoisotopic (exact) mass is 483 g/mol. The molecule has 0 aliphatic heterocycles. The number of carbonyl (C=O) groups excluding carboxylic acids is 2. The second kappa shape index (κ2) is 10.8. The Kier molecular flexibility index (Phi) is 7.85. The summed E-state index contributed by atoms with van der Waals surface area (Å²) in [6.45, 7) is 5.38. The second-order valence-corrected chi connectivity index (χ2v) is 8.90. The van der Waals surface area contributed by atoms with Crippen LogP contribution in [0.1, 0.15) is 47.6 Å². The van der Waals surface area contributed by atoms with Crippen LogP contribution in [-0.4, -0.2) is 32.1 Å². The normalized spacial score (nSPS) is 11.4. The first-order valence-corrected chi connectivity index (χ1v) is 12.1. The van der Waals surface area contributed by atoms with Crippen LogP contribution in [0.5, 0.6) is 0 Å². The number of ether oxygens (including phenoxy) is 1. The first-order valence-electron chi connectivity index (χ1n) is 10.6. The largest absolute Gasteiger partial charge is 0.462 e. The van der Waals surface area contributed by atoms with Crippen LogP contribution in [0.4, 0.5) is 11.4 Å². The summed E-state index contributed by atoms with van der Waals surface area (Å²) in [4.78, 5) is 23.7. The molecule has 0 saturated heterocycles. The minimum absolute atomic E-state index is 0.0533. The Bertz CT molecular complexity index is 1310. The van der Waals surface area contributed by atoms with Crippen LogP contribution in [-0.2, 0) is 19.6 Å². The highest BCUT2D eigenvalue weighted by Crippen LogP contribution is 2.23. The van der Waals surface area contributed by atoms with Gasteiger partial charge in [0.1, 0.15) is 11.4 Å². The van der Waals surface area contributed by atoms with E-state index in [0.29, 0.717) is 29.1 Å². The molecule has 3 rings (SSSR count). The topological polar surface area (TPSA) is 128 Å². The summed E-state index contributed by atoms with van der Waals surface area (Å²) >= 11 is 0. The molecular formula is C24H25N3O6S. The van der Waals surface area contributed by atoms with Gasteiger partial charge in [0.25, 0.3) is 10.0 Å². The molecule has 0 unspecified atom stereocenters. The molecule has 34 heavy (non-hydrogen) atoms. The molecule has 3 aromatic rings. The van der Waals surface area contributed by atoms with Gasteiger partial charge in [-0.3, -0.25) is 9.52 Å². The fourth-order valence-electron chi connectivity index (χ4n) is 2.95. The van der Waals surface area contributed by atoms with E-state index in [4.69, 9.17) is 9.26 Å². The van der Waals surface area contributed by atoms with E-state index in [9.17, 15) is 18.0 Å². The molecule has 0 saturated carbocycles. The third-order valence-corrected chi connectivity index (χ3v) is 6.12. The number of carbonyl (C=O) groups is 2.